The van der Waals surface area contributed by atoms with Gasteiger partial charge in [0.15, 0.2) is 0 Å². The lowest BCUT2D eigenvalue weighted by molar-refractivity contribution is 1.07. The molecule has 0 unspecified atom stereocenters. The number of anilines is 3. The van der Waals surface area contributed by atoms with Crippen molar-refractivity contribution in [3.63, 3.8) is 0 Å². The summed E-state index contributed by atoms with van der Waals surface area (Å²) in [5.74, 6) is 6.74. The van der Waals surface area contributed by atoms with Crippen molar-refractivity contribution in [2.45, 2.75) is 13.8 Å². The normalized spacial score (nSPS) is 10.2. The number of aryl methyl sites for hydroxylation is 2. The van der Waals surface area contributed by atoms with Crippen molar-refractivity contribution in [3.8, 4) is 0 Å². The molecule has 0 spiro atoms. The molecule has 1 heterocycles. The van der Waals surface area contributed by atoms with Gasteiger partial charge in [0.1, 0.15) is 18.0 Å². The van der Waals surface area contributed by atoms with Crippen LogP contribution in [0.4, 0.5) is 17.3 Å². The summed E-state index contributed by atoms with van der Waals surface area (Å²) in [4.78, 5) is 10.2. The molecule has 0 atom stereocenters. The molecule has 5 nitrogen and oxygen atoms in total. The van der Waals surface area contributed by atoms with Gasteiger partial charge in [0, 0.05) is 18.8 Å². The number of nitrogens with zero attached hydrogens (tertiary/aromatic N) is 3. The number of aromatic nitrogens is 2. The summed E-state index contributed by atoms with van der Waals surface area (Å²) in [6.07, 6.45) is 1.49. The van der Waals surface area contributed by atoms with Crippen molar-refractivity contribution in [2.75, 3.05) is 17.4 Å². The quantitative estimate of drug-likeness (QED) is 0.638. The molecule has 3 N–H and O–H groups in total. The van der Waals surface area contributed by atoms with Gasteiger partial charge in [-0.1, -0.05) is 6.07 Å². The van der Waals surface area contributed by atoms with Crippen LogP contribution in [-0.4, -0.2) is 17.0 Å². The van der Waals surface area contributed by atoms with Crippen LogP contribution >= 0.6 is 0 Å². The van der Waals surface area contributed by atoms with E-state index in [1.165, 1.54) is 17.5 Å². The van der Waals surface area contributed by atoms with Gasteiger partial charge in [-0.3, -0.25) is 0 Å². The van der Waals surface area contributed by atoms with E-state index in [0.717, 1.165) is 11.5 Å². The molecule has 0 radical (unpaired) electrons. The number of rotatable bonds is 3. The molecular formula is C13H17N5. The van der Waals surface area contributed by atoms with Gasteiger partial charge in [0.25, 0.3) is 0 Å². The van der Waals surface area contributed by atoms with E-state index in [2.05, 4.69) is 47.4 Å². The first-order valence-electron chi connectivity index (χ1n) is 5.71. The Morgan fingerprint density at radius 3 is 2.33 bits per heavy atom. The zero-order valence-corrected chi connectivity index (χ0v) is 10.8. The van der Waals surface area contributed by atoms with E-state index < -0.39 is 0 Å². The summed E-state index contributed by atoms with van der Waals surface area (Å²) in [6, 6.07) is 8.18. The molecule has 18 heavy (non-hydrogen) atoms. The molecule has 1 aromatic heterocycles. The fourth-order valence-corrected chi connectivity index (χ4v) is 1.89. The second kappa shape index (κ2) is 5.01. The Bertz CT molecular complexity index is 533. The molecule has 0 aliphatic heterocycles. The van der Waals surface area contributed by atoms with E-state index in [9.17, 15) is 0 Å². The van der Waals surface area contributed by atoms with E-state index in [-0.39, 0.29) is 0 Å². The SMILES string of the molecule is Cc1cc(C)cc(N(C)c2cc(NN)ncn2)c1. The lowest BCUT2D eigenvalue weighted by atomic mass is 10.1. The van der Waals surface area contributed by atoms with Crippen molar-refractivity contribution in [2.24, 2.45) is 5.84 Å². The van der Waals surface area contributed by atoms with Gasteiger partial charge in [-0.25, -0.2) is 15.8 Å². The van der Waals surface area contributed by atoms with E-state index in [0.29, 0.717) is 5.82 Å². The molecule has 5 heteroatoms. The lowest BCUT2D eigenvalue weighted by Crippen LogP contribution is -2.14. The fraction of sp³-hybridized carbons (Fsp3) is 0.231. The van der Waals surface area contributed by atoms with Crippen LogP contribution in [0.2, 0.25) is 0 Å². The predicted octanol–water partition coefficient (Wildman–Crippen LogP) is 2.15. The van der Waals surface area contributed by atoms with Crippen molar-refractivity contribution < 1.29 is 0 Å². The number of hydrazine groups is 1. The highest BCUT2D eigenvalue weighted by Gasteiger charge is 2.07. The maximum absolute atomic E-state index is 5.35. The van der Waals surface area contributed by atoms with Gasteiger partial charge in [-0.05, 0) is 37.1 Å². The van der Waals surface area contributed by atoms with Crippen LogP contribution in [0.25, 0.3) is 0 Å². The minimum absolute atomic E-state index is 0.594. The van der Waals surface area contributed by atoms with Crippen molar-refractivity contribution >= 4 is 17.3 Å². The summed E-state index contributed by atoms with van der Waals surface area (Å²) < 4.78 is 0. The maximum atomic E-state index is 5.35. The van der Waals surface area contributed by atoms with Gasteiger partial charge in [-0.15, -0.1) is 0 Å². The Balaban J connectivity index is 2.37. The monoisotopic (exact) mass is 243 g/mol. The second-order valence-electron chi connectivity index (χ2n) is 4.31. The number of hydrogen-bond acceptors (Lipinski definition) is 5. The highest BCUT2D eigenvalue weighted by molar-refractivity contribution is 5.62. The fourth-order valence-electron chi connectivity index (χ4n) is 1.89. The van der Waals surface area contributed by atoms with Crippen molar-refractivity contribution in [1.29, 1.82) is 0 Å². The first-order chi connectivity index (χ1) is 8.60. The van der Waals surface area contributed by atoms with Gasteiger partial charge in [0.2, 0.25) is 0 Å². The van der Waals surface area contributed by atoms with Crippen LogP contribution in [0.1, 0.15) is 11.1 Å². The van der Waals surface area contributed by atoms with Crippen LogP contribution < -0.4 is 16.2 Å². The Labute approximate surface area is 107 Å². The minimum atomic E-state index is 0.594. The molecule has 94 valence electrons. The Morgan fingerprint density at radius 2 is 1.72 bits per heavy atom. The number of hydrogen-bond donors (Lipinski definition) is 2. The molecule has 0 fully saturated rings. The van der Waals surface area contributed by atoms with Gasteiger partial charge >= 0.3 is 0 Å². The summed E-state index contributed by atoms with van der Waals surface area (Å²) in [7, 11) is 1.97. The summed E-state index contributed by atoms with van der Waals surface area (Å²) in [6.45, 7) is 4.16. The molecule has 2 rings (SSSR count). The third-order valence-corrected chi connectivity index (χ3v) is 2.74. The predicted molar refractivity (Wildman–Crippen MR) is 73.8 cm³/mol. The highest BCUT2D eigenvalue weighted by atomic mass is 15.3. The number of nitrogens with two attached hydrogens (primary N) is 1. The summed E-state index contributed by atoms with van der Waals surface area (Å²) >= 11 is 0. The standard InChI is InChI=1S/C13H17N5/c1-9-4-10(2)6-11(5-9)18(3)13-7-12(17-14)15-8-16-13/h4-8H,14H2,1-3H3,(H,15,16,17). The minimum Gasteiger partial charge on any atom is -0.329 e. The van der Waals surface area contributed by atoms with Crippen LogP contribution in [0.5, 0.6) is 0 Å². The summed E-state index contributed by atoms with van der Waals surface area (Å²) in [5, 5.41) is 0. The first-order valence-corrected chi connectivity index (χ1v) is 5.71. The third-order valence-electron chi connectivity index (χ3n) is 2.74. The molecule has 0 aliphatic rings. The summed E-state index contributed by atoms with van der Waals surface area (Å²) in [5.41, 5.74) is 6.06. The van der Waals surface area contributed by atoms with Crippen LogP contribution in [0.3, 0.4) is 0 Å². The molecule has 1 aromatic carbocycles. The average Bonchev–Trinajstić information content (AvgIpc) is 2.37. The molecule has 0 aliphatic carbocycles. The van der Waals surface area contributed by atoms with Crippen LogP contribution in [0.15, 0.2) is 30.6 Å². The van der Waals surface area contributed by atoms with Crippen LogP contribution in [-0.2, 0) is 0 Å². The molecule has 0 bridgehead atoms. The van der Waals surface area contributed by atoms with Crippen LogP contribution in [0, 0.1) is 13.8 Å². The van der Waals surface area contributed by atoms with E-state index in [1.54, 1.807) is 6.07 Å². The van der Waals surface area contributed by atoms with Gasteiger partial charge < -0.3 is 10.3 Å². The van der Waals surface area contributed by atoms with E-state index in [4.69, 9.17) is 5.84 Å². The van der Waals surface area contributed by atoms with Gasteiger partial charge in [0.05, 0.1) is 0 Å². The zero-order valence-electron chi connectivity index (χ0n) is 10.8. The molecule has 0 amide bonds. The smallest absolute Gasteiger partial charge is 0.145 e. The molecule has 0 saturated carbocycles. The third kappa shape index (κ3) is 2.57. The molecular weight excluding hydrogens is 226 g/mol. The second-order valence-corrected chi connectivity index (χ2v) is 4.31. The number of nitrogen functional groups attached to an aromatic ring is 1. The highest BCUT2D eigenvalue weighted by Crippen LogP contribution is 2.24. The molecule has 0 saturated heterocycles. The van der Waals surface area contributed by atoms with Crippen molar-refractivity contribution in [3.05, 3.63) is 41.7 Å². The van der Waals surface area contributed by atoms with E-state index in [1.807, 2.05) is 11.9 Å². The Kier molecular flexibility index (Phi) is 3.43. The maximum Gasteiger partial charge on any atom is 0.145 e. The molecule has 2 aromatic rings. The van der Waals surface area contributed by atoms with Gasteiger partial charge in [-0.2, -0.15) is 0 Å². The number of nitrogens with one attached hydrogen (secondary N) is 1. The van der Waals surface area contributed by atoms with E-state index >= 15 is 0 Å². The Hall–Kier alpha value is -2.14. The Morgan fingerprint density at radius 1 is 1.06 bits per heavy atom. The lowest BCUT2D eigenvalue weighted by Gasteiger charge is -2.19. The number of benzene rings is 1. The largest absolute Gasteiger partial charge is 0.329 e. The topological polar surface area (TPSA) is 67.1 Å². The van der Waals surface area contributed by atoms with Crippen molar-refractivity contribution in [1.82, 2.24) is 9.97 Å². The zero-order chi connectivity index (χ0) is 13.1. The average molecular weight is 243 g/mol. The first kappa shape index (κ1) is 12.3.